The van der Waals surface area contributed by atoms with Crippen LogP contribution in [0.4, 0.5) is 5.69 Å². The van der Waals surface area contributed by atoms with Crippen molar-refractivity contribution < 1.29 is 4.74 Å². The third-order valence-corrected chi connectivity index (χ3v) is 3.09. The van der Waals surface area contributed by atoms with E-state index in [4.69, 9.17) is 4.74 Å². The smallest absolute Gasteiger partial charge is 0.0493 e. The molecule has 0 fully saturated rings. The van der Waals surface area contributed by atoms with Gasteiger partial charge in [0.2, 0.25) is 0 Å². The predicted octanol–water partition coefficient (Wildman–Crippen LogP) is 5.65. The molecule has 132 valence electrons. The van der Waals surface area contributed by atoms with Crippen LogP contribution in [0, 0.1) is 0 Å². The van der Waals surface area contributed by atoms with Crippen molar-refractivity contribution in [2.45, 2.75) is 66.3 Å². The summed E-state index contributed by atoms with van der Waals surface area (Å²) in [7, 11) is 0. The number of hydrogen-bond acceptors (Lipinski definition) is 3. The third-order valence-electron chi connectivity index (χ3n) is 3.09. The van der Waals surface area contributed by atoms with Gasteiger partial charge in [-0.3, -0.25) is 0 Å². The first-order valence-corrected chi connectivity index (χ1v) is 8.82. The highest BCUT2D eigenvalue weighted by atomic mass is 16.5. The lowest BCUT2D eigenvalue weighted by atomic mass is 10.00. The Labute approximate surface area is 143 Å². The summed E-state index contributed by atoms with van der Waals surface area (Å²) in [5, 5.41) is 0. The molecule has 0 radical (unpaired) electrons. The highest BCUT2D eigenvalue weighted by molar-refractivity contribution is 5.56. The molecule has 3 nitrogen and oxygen atoms in total. The lowest BCUT2D eigenvalue weighted by Crippen LogP contribution is -2.43. The zero-order valence-corrected chi connectivity index (χ0v) is 15.9. The van der Waals surface area contributed by atoms with E-state index in [2.05, 4.69) is 68.9 Å². The molecule has 0 spiro atoms. The zero-order valence-electron chi connectivity index (χ0n) is 15.9. The Kier molecular flexibility index (Phi) is 12.4. The molecule has 0 saturated carbocycles. The van der Waals surface area contributed by atoms with Gasteiger partial charge in [-0.15, -0.1) is 0 Å². The van der Waals surface area contributed by atoms with Crippen LogP contribution in [0.5, 0.6) is 0 Å². The molecule has 0 aliphatic carbocycles. The summed E-state index contributed by atoms with van der Waals surface area (Å²) >= 11 is 0. The van der Waals surface area contributed by atoms with Gasteiger partial charge in [-0.2, -0.15) is 0 Å². The average Bonchev–Trinajstić information content (AvgIpc) is 2.51. The van der Waals surface area contributed by atoms with Gasteiger partial charge in [-0.1, -0.05) is 44.6 Å². The van der Waals surface area contributed by atoms with Crippen LogP contribution < -0.4 is 10.9 Å². The Morgan fingerprint density at radius 2 is 1.87 bits per heavy atom. The highest BCUT2D eigenvalue weighted by Crippen LogP contribution is 2.15. The van der Waals surface area contributed by atoms with Gasteiger partial charge < -0.3 is 10.2 Å². The van der Waals surface area contributed by atoms with Gasteiger partial charge >= 0.3 is 0 Å². The van der Waals surface area contributed by atoms with E-state index >= 15 is 0 Å². The number of ether oxygens (including phenoxy) is 1. The monoisotopic (exact) mass is 320 g/mol. The van der Waals surface area contributed by atoms with Crippen LogP contribution in [0.25, 0.3) is 6.08 Å². The number of hydrogen-bond donors (Lipinski definition) is 2. The number of benzene rings is 1. The number of rotatable bonds is 9. The normalized spacial score (nSPS) is 11.2. The summed E-state index contributed by atoms with van der Waals surface area (Å²) in [5.74, 6) is 0. The van der Waals surface area contributed by atoms with Gasteiger partial charge in [0.1, 0.15) is 0 Å². The second-order valence-electron chi connectivity index (χ2n) is 6.27. The molecule has 0 aromatic heterocycles. The predicted molar refractivity (Wildman–Crippen MR) is 104 cm³/mol. The van der Waals surface area contributed by atoms with E-state index < -0.39 is 0 Å². The molecule has 0 bridgehead atoms. The molecular weight excluding hydrogens is 284 g/mol. The van der Waals surface area contributed by atoms with E-state index in [0.29, 0.717) is 0 Å². The fourth-order valence-electron chi connectivity index (χ4n) is 1.98. The van der Waals surface area contributed by atoms with Gasteiger partial charge in [0, 0.05) is 24.4 Å². The summed E-state index contributed by atoms with van der Waals surface area (Å²) < 4.78 is 5.38. The molecule has 3 heteroatoms. The fraction of sp³-hybridized carbons (Fsp3) is 0.600. The van der Waals surface area contributed by atoms with Crippen molar-refractivity contribution >= 4 is 11.8 Å². The topological polar surface area (TPSA) is 33.3 Å². The van der Waals surface area contributed by atoms with Crippen LogP contribution in [0.15, 0.2) is 30.3 Å². The molecule has 0 amide bonds. The number of hydrazine groups is 1. The van der Waals surface area contributed by atoms with Crippen molar-refractivity contribution in [2.24, 2.45) is 0 Å². The molecule has 23 heavy (non-hydrogen) atoms. The molecule has 1 aromatic carbocycles. The third kappa shape index (κ3) is 11.8. The maximum Gasteiger partial charge on any atom is 0.0493 e. The average molecular weight is 321 g/mol. The number of allylic oxidation sites excluding steroid dienone is 1. The summed E-state index contributed by atoms with van der Waals surface area (Å²) in [6.07, 6.45) is 7.52. The second-order valence-corrected chi connectivity index (χ2v) is 6.27. The lowest BCUT2D eigenvalue weighted by molar-refractivity contribution is 0.137. The van der Waals surface area contributed by atoms with Crippen LogP contribution >= 0.6 is 0 Å². The Morgan fingerprint density at radius 3 is 2.48 bits per heavy atom. The summed E-state index contributed by atoms with van der Waals surface area (Å²) in [6.45, 7) is 14.3. The van der Waals surface area contributed by atoms with Gasteiger partial charge in [0.15, 0.2) is 0 Å². The SMILES string of the molecule is C/C=C\c1cccc(NNC(C)(C)CCCOCC)c1.CCC. The van der Waals surface area contributed by atoms with Crippen molar-refractivity contribution in [3.63, 3.8) is 0 Å². The van der Waals surface area contributed by atoms with E-state index in [1.54, 1.807) is 0 Å². The van der Waals surface area contributed by atoms with E-state index in [1.165, 1.54) is 12.0 Å². The molecule has 0 unspecified atom stereocenters. The van der Waals surface area contributed by atoms with Crippen LogP contribution in [0.2, 0.25) is 0 Å². The van der Waals surface area contributed by atoms with Crippen molar-refractivity contribution in [2.75, 3.05) is 18.6 Å². The zero-order chi connectivity index (χ0) is 17.6. The Hall–Kier alpha value is -1.32. The number of nitrogens with one attached hydrogen (secondary N) is 2. The molecule has 0 heterocycles. The first-order chi connectivity index (χ1) is 11.0. The Balaban J connectivity index is 0.00000149. The van der Waals surface area contributed by atoms with Crippen molar-refractivity contribution in [3.8, 4) is 0 Å². The first kappa shape index (κ1) is 21.7. The lowest BCUT2D eigenvalue weighted by Gasteiger charge is -2.27. The minimum Gasteiger partial charge on any atom is -0.382 e. The van der Waals surface area contributed by atoms with E-state index in [0.717, 1.165) is 31.7 Å². The maximum atomic E-state index is 5.38. The fourth-order valence-corrected chi connectivity index (χ4v) is 1.98. The van der Waals surface area contributed by atoms with Crippen molar-refractivity contribution in [1.82, 2.24) is 5.43 Å². The maximum absolute atomic E-state index is 5.38. The Morgan fingerprint density at radius 1 is 1.17 bits per heavy atom. The van der Waals surface area contributed by atoms with Crippen molar-refractivity contribution in [3.05, 3.63) is 35.9 Å². The van der Waals surface area contributed by atoms with Crippen LogP contribution in [0.1, 0.15) is 66.4 Å². The molecule has 0 aliphatic heterocycles. The van der Waals surface area contributed by atoms with E-state index in [1.807, 2.05) is 19.9 Å². The van der Waals surface area contributed by atoms with Gasteiger partial charge in [-0.05, 0) is 58.2 Å². The Bertz CT molecular complexity index is 427. The molecular formula is C20H36N2O. The van der Waals surface area contributed by atoms with Gasteiger partial charge in [0.25, 0.3) is 0 Å². The van der Waals surface area contributed by atoms with Crippen LogP contribution in [-0.4, -0.2) is 18.8 Å². The minimum absolute atomic E-state index is 0.0354. The second kappa shape index (κ2) is 13.1. The van der Waals surface area contributed by atoms with Gasteiger partial charge in [-0.25, -0.2) is 5.43 Å². The van der Waals surface area contributed by atoms with Crippen LogP contribution in [0.3, 0.4) is 0 Å². The number of anilines is 1. The van der Waals surface area contributed by atoms with E-state index in [-0.39, 0.29) is 5.54 Å². The van der Waals surface area contributed by atoms with Gasteiger partial charge in [0.05, 0.1) is 0 Å². The summed E-state index contributed by atoms with van der Waals surface area (Å²) in [6, 6.07) is 8.35. The van der Waals surface area contributed by atoms with Crippen molar-refractivity contribution in [1.29, 1.82) is 0 Å². The highest BCUT2D eigenvalue weighted by Gasteiger charge is 2.16. The standard InChI is InChI=1S/C17H28N2O.C3H8/c1-5-9-15-10-7-11-16(14-15)18-19-17(3,4)12-8-13-20-6-2;1-3-2/h5,7,9-11,14,18-19H,6,8,12-13H2,1-4H3;3H2,1-2H3/b9-5-;. The van der Waals surface area contributed by atoms with Crippen LogP contribution in [-0.2, 0) is 4.74 Å². The van der Waals surface area contributed by atoms with E-state index in [9.17, 15) is 0 Å². The molecule has 1 aromatic rings. The first-order valence-electron chi connectivity index (χ1n) is 8.82. The molecule has 0 saturated heterocycles. The largest absolute Gasteiger partial charge is 0.382 e. The molecule has 0 aliphatic rings. The summed E-state index contributed by atoms with van der Waals surface area (Å²) in [4.78, 5) is 0. The molecule has 2 N–H and O–H groups in total. The quantitative estimate of drug-likeness (QED) is 0.456. The molecule has 1 rings (SSSR count). The molecule has 0 atom stereocenters. The minimum atomic E-state index is 0.0354. The summed E-state index contributed by atoms with van der Waals surface area (Å²) in [5.41, 5.74) is 9.01.